The average molecular weight is 603 g/mol. The predicted molar refractivity (Wildman–Crippen MR) is 169 cm³/mol. The topological polar surface area (TPSA) is 130 Å². The average Bonchev–Trinajstić information content (AvgIpc) is 3.46. The molecule has 0 bridgehead atoms. The van der Waals surface area contributed by atoms with Crippen LogP contribution in [0, 0.1) is 12.8 Å². The van der Waals surface area contributed by atoms with Gasteiger partial charge in [-0.15, -0.1) is 0 Å². The van der Waals surface area contributed by atoms with Gasteiger partial charge in [0.2, 0.25) is 11.9 Å². The third-order valence-electron chi connectivity index (χ3n) is 8.53. The summed E-state index contributed by atoms with van der Waals surface area (Å²) in [6.45, 7) is 8.74. The zero-order valence-electron chi connectivity index (χ0n) is 24.6. The van der Waals surface area contributed by atoms with Crippen molar-refractivity contribution in [3.63, 3.8) is 0 Å². The number of carbonyl (C=O) groups is 1. The van der Waals surface area contributed by atoms with Crippen LogP contribution < -0.4 is 20.9 Å². The third kappa shape index (κ3) is 5.89. The third-order valence-corrected chi connectivity index (χ3v) is 10.2. The van der Waals surface area contributed by atoms with Crippen LogP contribution in [0.15, 0.2) is 65.7 Å². The first-order chi connectivity index (χ1) is 20.7. The fraction of sp³-hybridized carbons (Fsp3) is 0.387. The quantitative estimate of drug-likeness (QED) is 0.326. The van der Waals surface area contributed by atoms with Gasteiger partial charge in [0.1, 0.15) is 5.82 Å². The van der Waals surface area contributed by atoms with Crippen molar-refractivity contribution >= 4 is 50.1 Å². The summed E-state index contributed by atoms with van der Waals surface area (Å²) in [7, 11) is -3.88. The number of benzene rings is 2. The zero-order valence-corrected chi connectivity index (χ0v) is 25.4. The molecule has 1 amide bonds. The molecule has 4 heterocycles. The van der Waals surface area contributed by atoms with Crippen LogP contribution in [0.4, 0.5) is 23.1 Å². The summed E-state index contributed by atoms with van der Waals surface area (Å²) in [6.07, 6.45) is 3.47. The van der Waals surface area contributed by atoms with Gasteiger partial charge in [-0.1, -0.05) is 17.7 Å². The predicted octanol–water partition coefficient (Wildman–Crippen LogP) is 3.56. The van der Waals surface area contributed by atoms with Crippen molar-refractivity contribution in [1.29, 1.82) is 0 Å². The van der Waals surface area contributed by atoms with Crippen LogP contribution in [-0.2, 0) is 14.8 Å². The van der Waals surface area contributed by atoms with Gasteiger partial charge in [0.15, 0.2) is 5.65 Å². The van der Waals surface area contributed by atoms with Crippen LogP contribution in [-0.4, -0.2) is 79.0 Å². The summed E-state index contributed by atoms with van der Waals surface area (Å²) in [4.78, 5) is 27.8. The lowest BCUT2D eigenvalue weighted by molar-refractivity contribution is -0.129. The Morgan fingerprint density at radius 3 is 2.21 bits per heavy atom. The fourth-order valence-corrected chi connectivity index (χ4v) is 7.13. The van der Waals surface area contributed by atoms with Gasteiger partial charge in [-0.3, -0.25) is 4.79 Å². The first-order valence-corrected chi connectivity index (χ1v) is 16.2. The second-order valence-electron chi connectivity index (χ2n) is 11.4. The van der Waals surface area contributed by atoms with E-state index in [-0.39, 0.29) is 10.8 Å². The van der Waals surface area contributed by atoms with Crippen molar-refractivity contribution in [3.8, 4) is 0 Å². The highest BCUT2D eigenvalue weighted by atomic mass is 32.2. The van der Waals surface area contributed by atoms with Gasteiger partial charge in [0, 0.05) is 63.8 Å². The van der Waals surface area contributed by atoms with E-state index >= 15 is 0 Å². The van der Waals surface area contributed by atoms with Crippen molar-refractivity contribution < 1.29 is 13.2 Å². The van der Waals surface area contributed by atoms with Crippen LogP contribution in [0.2, 0.25) is 0 Å². The highest BCUT2D eigenvalue weighted by Crippen LogP contribution is 2.32. The lowest BCUT2D eigenvalue weighted by atomic mass is 9.97. The molecule has 0 spiro atoms. The Morgan fingerprint density at radius 1 is 0.907 bits per heavy atom. The number of hydrogen-bond donors (Lipinski definition) is 2. The Hall–Kier alpha value is -4.16. The molecular weight excluding hydrogens is 564 g/mol. The molecule has 2 aliphatic rings. The number of amides is 1. The van der Waals surface area contributed by atoms with Gasteiger partial charge < -0.3 is 25.8 Å². The zero-order chi connectivity index (χ0) is 30.1. The smallest absolute Gasteiger partial charge is 0.269 e. The first-order valence-electron chi connectivity index (χ1n) is 14.8. The minimum Gasteiger partial charge on any atom is -0.368 e. The number of nitrogens with zero attached hydrogens (tertiary/aromatic N) is 6. The van der Waals surface area contributed by atoms with Crippen LogP contribution in [0.5, 0.6) is 0 Å². The summed E-state index contributed by atoms with van der Waals surface area (Å²) >= 11 is 0. The highest BCUT2D eigenvalue weighted by molar-refractivity contribution is 7.90. The molecule has 43 heavy (non-hydrogen) atoms. The molecule has 2 aromatic heterocycles. The van der Waals surface area contributed by atoms with Crippen molar-refractivity contribution in [1.82, 2.24) is 18.8 Å². The molecule has 12 heteroatoms. The van der Waals surface area contributed by atoms with Gasteiger partial charge in [-0.25, -0.2) is 12.4 Å². The summed E-state index contributed by atoms with van der Waals surface area (Å²) < 4.78 is 28.7. The molecule has 11 nitrogen and oxygen atoms in total. The number of carbonyl (C=O) groups excluding carboxylic acids is 1. The number of fused-ring (bicyclic) bond motifs is 1. The molecule has 3 N–H and O–H groups in total. The minimum atomic E-state index is -3.88. The van der Waals surface area contributed by atoms with Gasteiger partial charge in [0.05, 0.1) is 10.3 Å². The van der Waals surface area contributed by atoms with E-state index < -0.39 is 10.0 Å². The summed E-state index contributed by atoms with van der Waals surface area (Å²) in [6, 6.07) is 16.6. The molecule has 0 radical (unpaired) electrons. The number of piperazine rings is 1. The Kier molecular flexibility index (Phi) is 7.97. The van der Waals surface area contributed by atoms with E-state index in [2.05, 4.69) is 15.1 Å². The molecule has 2 aromatic carbocycles. The molecule has 2 saturated heterocycles. The SMILES string of the molecule is CC(=O)N1CCN(c2ccc(Nc3nc(N4CCC(CN)CC4)c4ccn(S(=O)(=O)c5ccc(C)cc5)c4n3)cc2)CC1. The Morgan fingerprint density at radius 2 is 1.58 bits per heavy atom. The van der Waals surface area contributed by atoms with E-state index in [0.717, 1.165) is 56.0 Å². The number of hydrogen-bond acceptors (Lipinski definition) is 9. The number of aryl methyl sites for hydroxylation is 1. The molecule has 6 rings (SSSR count). The summed E-state index contributed by atoms with van der Waals surface area (Å²) in [5.74, 6) is 1.62. The summed E-state index contributed by atoms with van der Waals surface area (Å²) in [5, 5.41) is 4.00. The van der Waals surface area contributed by atoms with Gasteiger partial charge in [0.25, 0.3) is 10.0 Å². The molecule has 2 fully saturated rings. The maximum atomic E-state index is 13.7. The molecule has 0 atom stereocenters. The molecule has 0 saturated carbocycles. The van der Waals surface area contributed by atoms with Crippen molar-refractivity contribution in [2.24, 2.45) is 11.7 Å². The molecule has 4 aromatic rings. The Bertz CT molecular complexity index is 1700. The van der Waals surface area contributed by atoms with Crippen LogP contribution in [0.25, 0.3) is 11.0 Å². The minimum absolute atomic E-state index is 0.108. The summed E-state index contributed by atoms with van der Waals surface area (Å²) in [5.41, 5.74) is 9.11. The van der Waals surface area contributed by atoms with Crippen LogP contribution in [0.1, 0.15) is 25.3 Å². The number of nitrogens with two attached hydrogens (primary N) is 1. The van der Waals surface area contributed by atoms with Crippen LogP contribution >= 0.6 is 0 Å². The molecule has 0 aliphatic carbocycles. The number of piperidine rings is 1. The standard InChI is InChI=1S/C31H38N8O3S/c1-22-3-9-27(10-4-22)43(41,42)39-16-13-28-29(38-14-11-24(21-32)12-15-38)34-31(35-30(28)39)33-25-5-7-26(8-6-25)37-19-17-36(18-20-37)23(2)40/h3-10,13,16,24H,11-12,14-15,17-21,32H2,1-2H3,(H,33,34,35). The van der Waals surface area contributed by atoms with Gasteiger partial charge in [-0.05, 0) is 74.7 Å². The normalized spacial score (nSPS) is 16.6. The molecule has 226 valence electrons. The number of anilines is 4. The molecule has 0 unspecified atom stereocenters. The first kappa shape index (κ1) is 28.9. The highest BCUT2D eigenvalue weighted by Gasteiger charge is 2.26. The van der Waals surface area contributed by atoms with E-state index in [4.69, 9.17) is 15.7 Å². The Balaban J connectivity index is 1.32. The fourth-order valence-electron chi connectivity index (χ4n) is 5.84. The maximum absolute atomic E-state index is 13.7. The lowest BCUT2D eigenvalue weighted by Crippen LogP contribution is -2.48. The van der Waals surface area contributed by atoms with Crippen molar-refractivity contribution in [3.05, 3.63) is 66.4 Å². The largest absolute Gasteiger partial charge is 0.368 e. The second kappa shape index (κ2) is 11.8. The second-order valence-corrected chi connectivity index (χ2v) is 13.2. The molecule has 2 aliphatic heterocycles. The van der Waals surface area contributed by atoms with E-state index in [9.17, 15) is 13.2 Å². The van der Waals surface area contributed by atoms with Gasteiger partial charge in [-0.2, -0.15) is 9.97 Å². The number of rotatable bonds is 7. The van der Waals surface area contributed by atoms with E-state index in [1.165, 1.54) is 3.97 Å². The molecular formula is C31H38N8O3S. The van der Waals surface area contributed by atoms with Crippen LogP contribution in [0.3, 0.4) is 0 Å². The van der Waals surface area contributed by atoms with Crippen molar-refractivity contribution in [2.45, 2.75) is 31.6 Å². The van der Waals surface area contributed by atoms with Gasteiger partial charge >= 0.3 is 0 Å². The van der Waals surface area contributed by atoms with Crippen molar-refractivity contribution in [2.75, 3.05) is 60.9 Å². The Labute approximate surface area is 252 Å². The number of aromatic nitrogens is 3. The van der Waals surface area contributed by atoms with E-state index in [1.807, 2.05) is 36.1 Å². The van der Waals surface area contributed by atoms with E-state index in [1.54, 1.807) is 43.5 Å². The van der Waals surface area contributed by atoms with E-state index in [0.29, 0.717) is 48.4 Å². The lowest BCUT2D eigenvalue weighted by Gasteiger charge is -2.35. The number of nitrogens with one attached hydrogen (secondary N) is 1. The monoisotopic (exact) mass is 602 g/mol. The maximum Gasteiger partial charge on any atom is 0.269 e.